The fraction of sp³-hybridized carbons (Fsp3) is 0.0800. The van der Waals surface area contributed by atoms with Gasteiger partial charge in [0.15, 0.2) is 5.76 Å². The highest BCUT2D eigenvalue weighted by molar-refractivity contribution is 7.99. The van der Waals surface area contributed by atoms with Crippen molar-refractivity contribution in [3.63, 3.8) is 0 Å². The van der Waals surface area contributed by atoms with Gasteiger partial charge in [0.2, 0.25) is 5.91 Å². The van der Waals surface area contributed by atoms with E-state index in [0.29, 0.717) is 16.7 Å². The van der Waals surface area contributed by atoms with Crippen molar-refractivity contribution in [2.24, 2.45) is 0 Å². The Morgan fingerprint density at radius 1 is 0.903 bits per heavy atom. The molecule has 5 nitrogen and oxygen atoms in total. The average Bonchev–Trinajstić information content (AvgIpc) is 3.27. The molecule has 0 saturated heterocycles. The lowest BCUT2D eigenvalue weighted by atomic mass is 10.1. The molecule has 152 valence electrons. The lowest BCUT2D eigenvalue weighted by Crippen LogP contribution is -2.32. The summed E-state index contributed by atoms with van der Waals surface area (Å²) in [6, 6.07) is 30.8. The standard InChI is InChI=1S/C25H19N3O2S/c26-16-17-28(21-14-8-3-9-15-21)22(29)18-31-25-27-23(19-10-4-1-5-11-19)24(30-25)20-12-6-2-7-13-20/h1-15H,17-18H2. The van der Waals surface area contributed by atoms with Crippen LogP contribution in [0.15, 0.2) is 101 Å². The minimum atomic E-state index is -0.182. The number of carbonyl (C=O) groups excluding carboxylic acids is 1. The number of aromatic nitrogens is 1. The van der Waals surface area contributed by atoms with Crippen LogP contribution in [0.25, 0.3) is 22.6 Å². The number of rotatable bonds is 7. The molecule has 0 unspecified atom stereocenters. The van der Waals surface area contributed by atoms with Crippen LogP contribution in [0, 0.1) is 11.3 Å². The van der Waals surface area contributed by atoms with E-state index in [1.54, 1.807) is 0 Å². The number of carbonyl (C=O) groups is 1. The molecule has 4 aromatic rings. The summed E-state index contributed by atoms with van der Waals surface area (Å²) < 4.78 is 6.07. The predicted molar refractivity (Wildman–Crippen MR) is 123 cm³/mol. The summed E-state index contributed by atoms with van der Waals surface area (Å²) in [6.45, 7) is -0.0144. The molecule has 3 aromatic carbocycles. The van der Waals surface area contributed by atoms with Crippen molar-refractivity contribution in [1.82, 2.24) is 4.98 Å². The summed E-state index contributed by atoms with van der Waals surface area (Å²) in [5.74, 6) is 0.594. The molecule has 1 aromatic heterocycles. The van der Waals surface area contributed by atoms with E-state index in [9.17, 15) is 4.79 Å². The van der Waals surface area contributed by atoms with Crippen molar-refractivity contribution in [3.05, 3.63) is 91.0 Å². The minimum absolute atomic E-state index is 0.0144. The number of nitrogens with zero attached hydrogens (tertiary/aromatic N) is 3. The summed E-state index contributed by atoms with van der Waals surface area (Å²) in [5.41, 5.74) is 3.29. The van der Waals surface area contributed by atoms with Gasteiger partial charge in [-0.15, -0.1) is 0 Å². The van der Waals surface area contributed by atoms with Gasteiger partial charge < -0.3 is 4.42 Å². The molecule has 4 rings (SSSR count). The van der Waals surface area contributed by atoms with Crippen molar-refractivity contribution >= 4 is 23.4 Å². The van der Waals surface area contributed by atoms with E-state index in [2.05, 4.69) is 11.1 Å². The van der Waals surface area contributed by atoms with E-state index in [4.69, 9.17) is 9.68 Å². The average molecular weight is 426 g/mol. The summed E-state index contributed by atoms with van der Waals surface area (Å²) in [7, 11) is 0. The second-order valence-electron chi connectivity index (χ2n) is 6.65. The number of para-hydroxylation sites is 1. The molecule has 0 bridgehead atoms. The van der Waals surface area contributed by atoms with E-state index in [-0.39, 0.29) is 18.2 Å². The van der Waals surface area contributed by atoms with Crippen LogP contribution in [0.5, 0.6) is 0 Å². The van der Waals surface area contributed by atoms with Crippen molar-refractivity contribution < 1.29 is 9.21 Å². The van der Waals surface area contributed by atoms with Gasteiger partial charge in [0.05, 0.1) is 11.8 Å². The first-order valence-electron chi connectivity index (χ1n) is 9.73. The molecule has 0 aliphatic heterocycles. The van der Waals surface area contributed by atoms with Gasteiger partial charge in [-0.05, 0) is 12.1 Å². The molecule has 0 radical (unpaired) electrons. The summed E-state index contributed by atoms with van der Waals surface area (Å²) >= 11 is 1.22. The Kier molecular flexibility index (Phi) is 6.46. The molecule has 1 heterocycles. The minimum Gasteiger partial charge on any atom is -0.431 e. The zero-order valence-electron chi connectivity index (χ0n) is 16.6. The monoisotopic (exact) mass is 425 g/mol. The number of thioether (sulfide) groups is 1. The molecule has 6 heteroatoms. The SMILES string of the molecule is N#CCN(C(=O)CSc1nc(-c2ccccc2)c(-c2ccccc2)o1)c1ccccc1. The fourth-order valence-corrected chi connectivity index (χ4v) is 3.84. The molecular formula is C25H19N3O2S. The third-order valence-corrected chi connectivity index (χ3v) is 5.42. The first-order chi connectivity index (χ1) is 15.3. The van der Waals surface area contributed by atoms with Crippen LogP contribution in [-0.4, -0.2) is 23.2 Å². The van der Waals surface area contributed by atoms with Crippen molar-refractivity contribution in [2.75, 3.05) is 17.2 Å². The largest absolute Gasteiger partial charge is 0.431 e. The Morgan fingerprint density at radius 2 is 1.48 bits per heavy atom. The van der Waals surface area contributed by atoms with Crippen molar-refractivity contribution in [3.8, 4) is 28.7 Å². The van der Waals surface area contributed by atoms with Gasteiger partial charge in [0.25, 0.3) is 5.22 Å². The second kappa shape index (κ2) is 9.79. The molecular weight excluding hydrogens is 406 g/mol. The maximum atomic E-state index is 12.8. The Hall–Kier alpha value is -3.82. The van der Waals surface area contributed by atoms with Gasteiger partial charge in [-0.2, -0.15) is 5.26 Å². The highest BCUT2D eigenvalue weighted by Gasteiger charge is 2.20. The van der Waals surface area contributed by atoms with Gasteiger partial charge in [0, 0.05) is 16.8 Å². The third-order valence-electron chi connectivity index (χ3n) is 4.61. The summed E-state index contributed by atoms with van der Waals surface area (Å²) in [5, 5.41) is 9.56. The normalized spacial score (nSPS) is 10.4. The molecule has 1 amide bonds. The second-order valence-corrected chi connectivity index (χ2v) is 7.58. The maximum absolute atomic E-state index is 12.8. The number of benzene rings is 3. The van der Waals surface area contributed by atoms with Crippen molar-refractivity contribution in [1.29, 1.82) is 5.26 Å². The van der Waals surface area contributed by atoms with E-state index >= 15 is 0 Å². The zero-order valence-corrected chi connectivity index (χ0v) is 17.5. The molecule has 31 heavy (non-hydrogen) atoms. The van der Waals surface area contributed by atoms with Crippen LogP contribution in [-0.2, 0) is 4.79 Å². The van der Waals surface area contributed by atoms with E-state index in [0.717, 1.165) is 16.8 Å². The Bertz CT molecular complexity index is 1130. The molecule has 0 spiro atoms. The van der Waals surface area contributed by atoms with Gasteiger partial charge in [-0.3, -0.25) is 9.69 Å². The zero-order chi connectivity index (χ0) is 21.5. The number of nitriles is 1. The Morgan fingerprint density at radius 3 is 2.10 bits per heavy atom. The molecule has 0 aliphatic carbocycles. The quantitative estimate of drug-likeness (QED) is 0.282. The highest BCUT2D eigenvalue weighted by Crippen LogP contribution is 2.35. The van der Waals surface area contributed by atoms with E-state index in [1.165, 1.54) is 16.7 Å². The van der Waals surface area contributed by atoms with Crippen LogP contribution >= 0.6 is 11.8 Å². The molecule has 0 N–H and O–H groups in total. The topological polar surface area (TPSA) is 70.1 Å². The first kappa shape index (κ1) is 20.5. The molecule has 0 fully saturated rings. The predicted octanol–water partition coefficient (Wildman–Crippen LogP) is 5.66. The lowest BCUT2D eigenvalue weighted by molar-refractivity contribution is -0.116. The summed E-state index contributed by atoms with van der Waals surface area (Å²) in [4.78, 5) is 19.0. The summed E-state index contributed by atoms with van der Waals surface area (Å²) in [6.07, 6.45) is 0. The van der Waals surface area contributed by atoms with E-state index in [1.807, 2.05) is 91.0 Å². The molecule has 0 atom stereocenters. The Labute approximate surface area is 185 Å². The van der Waals surface area contributed by atoms with Crippen LogP contribution in [0.2, 0.25) is 0 Å². The number of amides is 1. The third kappa shape index (κ3) is 4.85. The van der Waals surface area contributed by atoms with Gasteiger partial charge in [0.1, 0.15) is 12.2 Å². The van der Waals surface area contributed by atoms with Crippen LogP contribution in [0.1, 0.15) is 0 Å². The number of hydrogen-bond donors (Lipinski definition) is 0. The van der Waals surface area contributed by atoms with Crippen LogP contribution in [0.4, 0.5) is 5.69 Å². The van der Waals surface area contributed by atoms with Gasteiger partial charge in [-0.1, -0.05) is 90.6 Å². The molecule has 0 aliphatic rings. The van der Waals surface area contributed by atoms with Gasteiger partial charge >= 0.3 is 0 Å². The Balaban J connectivity index is 1.58. The first-order valence-corrected chi connectivity index (χ1v) is 10.7. The maximum Gasteiger partial charge on any atom is 0.257 e. The van der Waals surface area contributed by atoms with Crippen LogP contribution < -0.4 is 4.90 Å². The van der Waals surface area contributed by atoms with Crippen LogP contribution in [0.3, 0.4) is 0 Å². The smallest absolute Gasteiger partial charge is 0.257 e. The lowest BCUT2D eigenvalue weighted by Gasteiger charge is -2.19. The van der Waals surface area contributed by atoms with E-state index < -0.39 is 0 Å². The van der Waals surface area contributed by atoms with Gasteiger partial charge in [-0.25, -0.2) is 4.98 Å². The number of hydrogen-bond acceptors (Lipinski definition) is 5. The number of oxazole rings is 1. The number of anilines is 1. The van der Waals surface area contributed by atoms with Crippen molar-refractivity contribution in [2.45, 2.75) is 5.22 Å². The fourth-order valence-electron chi connectivity index (χ4n) is 3.14. The highest BCUT2D eigenvalue weighted by atomic mass is 32.2. The molecule has 0 saturated carbocycles.